The summed E-state index contributed by atoms with van der Waals surface area (Å²) < 4.78 is 16.1. The Labute approximate surface area is 134 Å². The highest BCUT2D eigenvalue weighted by Gasteiger charge is 2.43. The van der Waals surface area contributed by atoms with Gasteiger partial charge in [-0.2, -0.15) is 0 Å². The maximum atomic E-state index is 11.7. The molecule has 6 heteroatoms. The average molecular weight is 323 g/mol. The Bertz CT molecular complexity index is 578. The molecule has 0 unspecified atom stereocenters. The van der Waals surface area contributed by atoms with Crippen LogP contribution in [-0.2, 0) is 16.1 Å². The van der Waals surface area contributed by atoms with Gasteiger partial charge in [-0.25, -0.2) is 0 Å². The molecule has 2 heterocycles. The minimum atomic E-state index is -0.0465. The lowest BCUT2D eigenvalue weighted by molar-refractivity contribution is -0.141. The van der Waals surface area contributed by atoms with Gasteiger partial charge in [0.15, 0.2) is 0 Å². The molecular weight excluding hydrogens is 302 g/mol. The number of esters is 1. The van der Waals surface area contributed by atoms with Crippen molar-refractivity contribution in [3.05, 3.63) is 17.7 Å². The fraction of sp³-hybridized carbons (Fsp3) is 0.562. The van der Waals surface area contributed by atoms with Crippen LogP contribution >= 0.6 is 11.8 Å². The van der Waals surface area contributed by atoms with Gasteiger partial charge in [-0.15, -0.1) is 11.8 Å². The van der Waals surface area contributed by atoms with Crippen LogP contribution in [0.15, 0.2) is 17.0 Å². The predicted octanol–water partition coefficient (Wildman–Crippen LogP) is 2.03. The van der Waals surface area contributed by atoms with Crippen molar-refractivity contribution in [3.8, 4) is 11.5 Å². The van der Waals surface area contributed by atoms with E-state index in [1.54, 1.807) is 26.0 Å². The van der Waals surface area contributed by atoms with Crippen molar-refractivity contribution in [3.63, 3.8) is 0 Å². The summed E-state index contributed by atoms with van der Waals surface area (Å²) in [5, 5.41) is 0. The molecule has 3 rings (SSSR count). The Morgan fingerprint density at radius 2 is 2.05 bits per heavy atom. The smallest absolute Gasteiger partial charge is 0.310 e. The molecule has 0 amide bonds. The first-order valence-corrected chi connectivity index (χ1v) is 8.56. The van der Waals surface area contributed by atoms with E-state index >= 15 is 0 Å². The zero-order chi connectivity index (χ0) is 15.7. The maximum absolute atomic E-state index is 11.7. The number of fused-ring (bicyclic) bond motifs is 1. The summed E-state index contributed by atoms with van der Waals surface area (Å²) in [4.78, 5) is 15.0. The van der Waals surface area contributed by atoms with Crippen LogP contribution in [0.5, 0.6) is 11.5 Å². The van der Waals surface area contributed by atoms with E-state index in [-0.39, 0.29) is 11.9 Å². The van der Waals surface area contributed by atoms with Crippen molar-refractivity contribution >= 4 is 17.7 Å². The lowest BCUT2D eigenvalue weighted by atomic mass is 10.0. The van der Waals surface area contributed by atoms with Crippen molar-refractivity contribution in [2.24, 2.45) is 11.8 Å². The zero-order valence-electron chi connectivity index (χ0n) is 13.1. The number of carbonyl (C=O) groups excluding carboxylic acids is 1. The highest BCUT2D eigenvalue weighted by molar-refractivity contribution is 7.98. The molecule has 0 aliphatic carbocycles. The Morgan fingerprint density at radius 3 is 2.68 bits per heavy atom. The normalized spacial score (nSPS) is 24.2. The summed E-state index contributed by atoms with van der Waals surface area (Å²) in [6, 6.07) is 4.06. The molecule has 2 atom stereocenters. The first-order valence-electron chi connectivity index (χ1n) is 7.34. The lowest BCUT2D eigenvalue weighted by Gasteiger charge is -2.20. The van der Waals surface area contributed by atoms with Crippen LogP contribution in [0.3, 0.4) is 0 Å². The highest BCUT2D eigenvalue weighted by Crippen LogP contribution is 2.37. The van der Waals surface area contributed by atoms with Crippen LogP contribution in [0.1, 0.15) is 5.56 Å². The van der Waals surface area contributed by atoms with E-state index < -0.39 is 0 Å². The number of rotatable bonds is 5. The topological polar surface area (TPSA) is 48.0 Å². The molecule has 0 bridgehead atoms. The number of ether oxygens (including phenoxy) is 3. The second-order valence-corrected chi connectivity index (χ2v) is 6.56. The molecule has 0 N–H and O–H groups in total. The monoisotopic (exact) mass is 323 g/mol. The molecule has 0 aromatic heterocycles. The van der Waals surface area contributed by atoms with Gasteiger partial charge in [0, 0.05) is 31.1 Å². The van der Waals surface area contributed by atoms with Gasteiger partial charge >= 0.3 is 5.97 Å². The average Bonchev–Trinajstić information content (AvgIpc) is 3.08. The number of carbonyl (C=O) groups is 1. The molecule has 0 radical (unpaired) electrons. The van der Waals surface area contributed by atoms with E-state index in [9.17, 15) is 4.79 Å². The quantitative estimate of drug-likeness (QED) is 0.610. The standard InChI is InChI=1S/C16H21NO4S/c1-19-13-5-15(22-3)14(20-2)4-10(13)6-17-7-11-9-21-16(18)12(11)8-17/h4-5,11-12H,6-9H2,1-3H3/t11-,12-/m1/s1. The number of cyclic esters (lactones) is 1. The summed E-state index contributed by atoms with van der Waals surface area (Å²) in [6.07, 6.45) is 2.02. The number of hydrogen-bond donors (Lipinski definition) is 0. The Hall–Kier alpha value is -1.40. The minimum absolute atomic E-state index is 0.0401. The molecule has 2 saturated heterocycles. The molecule has 120 valence electrons. The molecule has 22 heavy (non-hydrogen) atoms. The SMILES string of the molecule is COc1cc(SC)c(OC)cc1CN1C[C@@H]2COC(=O)[C@@H]2C1. The number of benzene rings is 1. The third-order valence-corrected chi connectivity index (χ3v) is 5.20. The summed E-state index contributed by atoms with van der Waals surface area (Å²) in [6.45, 7) is 2.98. The fourth-order valence-electron chi connectivity index (χ4n) is 3.28. The maximum Gasteiger partial charge on any atom is 0.310 e. The summed E-state index contributed by atoms with van der Waals surface area (Å²) >= 11 is 1.64. The van der Waals surface area contributed by atoms with Crippen LogP contribution in [-0.4, -0.2) is 51.0 Å². The number of nitrogens with zero attached hydrogens (tertiary/aromatic N) is 1. The molecule has 5 nitrogen and oxygen atoms in total. The van der Waals surface area contributed by atoms with Gasteiger partial charge in [0.25, 0.3) is 0 Å². The second kappa shape index (κ2) is 6.38. The predicted molar refractivity (Wildman–Crippen MR) is 84.5 cm³/mol. The Balaban J connectivity index is 1.79. The van der Waals surface area contributed by atoms with E-state index in [2.05, 4.69) is 4.90 Å². The van der Waals surface area contributed by atoms with Crippen LogP contribution < -0.4 is 9.47 Å². The highest BCUT2D eigenvalue weighted by atomic mass is 32.2. The number of thioether (sulfide) groups is 1. The van der Waals surface area contributed by atoms with Gasteiger partial charge in [0.2, 0.25) is 0 Å². The van der Waals surface area contributed by atoms with Crippen LogP contribution in [0.2, 0.25) is 0 Å². The van der Waals surface area contributed by atoms with E-state index in [1.165, 1.54) is 0 Å². The van der Waals surface area contributed by atoms with Gasteiger partial charge in [-0.05, 0) is 18.4 Å². The van der Waals surface area contributed by atoms with Crippen molar-refractivity contribution in [1.29, 1.82) is 0 Å². The lowest BCUT2D eigenvalue weighted by Crippen LogP contribution is -2.24. The minimum Gasteiger partial charge on any atom is -0.496 e. The number of methoxy groups -OCH3 is 2. The summed E-state index contributed by atoms with van der Waals surface area (Å²) in [5.74, 6) is 2.06. The van der Waals surface area contributed by atoms with Crippen LogP contribution in [0.25, 0.3) is 0 Å². The third-order valence-electron chi connectivity index (χ3n) is 4.44. The molecule has 0 saturated carbocycles. The molecule has 2 fully saturated rings. The zero-order valence-corrected chi connectivity index (χ0v) is 13.9. The van der Waals surface area contributed by atoms with Gasteiger partial charge in [0.05, 0.1) is 31.6 Å². The van der Waals surface area contributed by atoms with Gasteiger partial charge in [-0.1, -0.05) is 0 Å². The first-order chi connectivity index (χ1) is 10.7. The van der Waals surface area contributed by atoms with Gasteiger partial charge < -0.3 is 14.2 Å². The molecule has 2 aliphatic rings. The fourth-order valence-corrected chi connectivity index (χ4v) is 3.85. The summed E-state index contributed by atoms with van der Waals surface area (Å²) in [7, 11) is 3.37. The van der Waals surface area contributed by atoms with Crippen LogP contribution in [0.4, 0.5) is 0 Å². The molecule has 0 spiro atoms. The van der Waals surface area contributed by atoms with E-state index in [1.807, 2.05) is 18.4 Å². The van der Waals surface area contributed by atoms with Crippen LogP contribution in [0, 0.1) is 11.8 Å². The second-order valence-electron chi connectivity index (χ2n) is 5.71. The molecule has 2 aliphatic heterocycles. The Kier molecular flexibility index (Phi) is 4.49. The van der Waals surface area contributed by atoms with Crippen molar-refractivity contribution in [1.82, 2.24) is 4.90 Å². The largest absolute Gasteiger partial charge is 0.496 e. The molecule has 1 aromatic carbocycles. The summed E-state index contributed by atoms with van der Waals surface area (Å²) in [5.41, 5.74) is 1.09. The molecule has 1 aromatic rings. The molecular formula is C16H21NO4S. The van der Waals surface area contributed by atoms with Crippen molar-refractivity contribution in [2.75, 3.05) is 40.2 Å². The third kappa shape index (κ3) is 2.77. The van der Waals surface area contributed by atoms with E-state index in [4.69, 9.17) is 14.2 Å². The number of likely N-dealkylation sites (tertiary alicyclic amines) is 1. The van der Waals surface area contributed by atoms with E-state index in [0.29, 0.717) is 12.5 Å². The van der Waals surface area contributed by atoms with Crippen molar-refractivity contribution in [2.45, 2.75) is 11.4 Å². The number of hydrogen-bond acceptors (Lipinski definition) is 6. The van der Waals surface area contributed by atoms with Crippen molar-refractivity contribution < 1.29 is 19.0 Å². The van der Waals surface area contributed by atoms with E-state index in [0.717, 1.165) is 41.6 Å². The van der Waals surface area contributed by atoms with Gasteiger partial charge in [-0.3, -0.25) is 9.69 Å². The van der Waals surface area contributed by atoms with Gasteiger partial charge in [0.1, 0.15) is 11.5 Å². The Morgan fingerprint density at radius 1 is 1.27 bits per heavy atom. The first kappa shape index (κ1) is 15.5.